The average Bonchev–Trinajstić information content (AvgIpc) is 3.06. The van der Waals surface area contributed by atoms with Gasteiger partial charge in [-0.15, -0.1) is 0 Å². The summed E-state index contributed by atoms with van der Waals surface area (Å²) in [7, 11) is 0. The fraction of sp³-hybridized carbons (Fsp3) is 0.174. The zero-order valence-corrected chi connectivity index (χ0v) is 14.6. The van der Waals surface area contributed by atoms with Gasteiger partial charge in [-0.25, -0.2) is 0 Å². The maximum Gasteiger partial charge on any atom is 0.0565 e. The van der Waals surface area contributed by atoms with Crippen molar-refractivity contribution in [2.75, 3.05) is 0 Å². The molecule has 1 fully saturated rings. The van der Waals surface area contributed by atoms with E-state index >= 15 is 0 Å². The van der Waals surface area contributed by atoms with Crippen molar-refractivity contribution in [2.24, 2.45) is 5.73 Å². The van der Waals surface area contributed by atoms with Crippen molar-refractivity contribution in [3.63, 3.8) is 0 Å². The van der Waals surface area contributed by atoms with Crippen LogP contribution in [0, 0.1) is 0 Å². The number of benzene rings is 2. The van der Waals surface area contributed by atoms with E-state index in [-0.39, 0.29) is 5.54 Å². The van der Waals surface area contributed by atoms with Crippen LogP contribution in [0.25, 0.3) is 27.8 Å². The van der Waals surface area contributed by atoms with Crippen LogP contribution in [0.2, 0.25) is 0 Å². The van der Waals surface area contributed by atoms with E-state index in [0.29, 0.717) is 0 Å². The molecule has 2 aromatic heterocycles. The number of rotatable bonds is 3. The number of pyridine rings is 1. The summed E-state index contributed by atoms with van der Waals surface area (Å²) in [6.45, 7) is 0. The highest BCUT2D eigenvalue weighted by Gasteiger charge is 2.34. The van der Waals surface area contributed by atoms with E-state index in [9.17, 15) is 0 Å². The molecule has 5 rings (SSSR count). The fourth-order valence-corrected chi connectivity index (χ4v) is 3.94. The van der Waals surface area contributed by atoms with Gasteiger partial charge in [-0.05, 0) is 54.7 Å². The lowest BCUT2D eigenvalue weighted by Crippen LogP contribution is -2.43. The first-order valence-electron chi connectivity index (χ1n) is 9.15. The van der Waals surface area contributed by atoms with Crippen LogP contribution in [0.3, 0.4) is 0 Å². The van der Waals surface area contributed by atoms with Gasteiger partial charge >= 0.3 is 0 Å². The van der Waals surface area contributed by atoms with Gasteiger partial charge in [0.05, 0.1) is 11.2 Å². The van der Waals surface area contributed by atoms with Crippen LogP contribution in [0.15, 0.2) is 79.1 Å². The lowest BCUT2D eigenvalue weighted by molar-refractivity contribution is 0.253. The third-order valence-electron chi connectivity index (χ3n) is 5.62. The third kappa shape index (κ3) is 2.36. The Morgan fingerprint density at radius 1 is 0.923 bits per heavy atom. The summed E-state index contributed by atoms with van der Waals surface area (Å²) in [5, 5.41) is 1.14. The molecule has 26 heavy (non-hydrogen) atoms. The Balaban J connectivity index is 1.67. The number of nitrogens with two attached hydrogens (primary N) is 1. The largest absolute Gasteiger partial charge is 0.321 e. The Morgan fingerprint density at radius 2 is 1.69 bits per heavy atom. The molecule has 1 aliphatic rings. The van der Waals surface area contributed by atoms with Gasteiger partial charge in [0, 0.05) is 29.0 Å². The molecule has 128 valence electrons. The van der Waals surface area contributed by atoms with E-state index in [2.05, 4.69) is 70.2 Å². The van der Waals surface area contributed by atoms with Gasteiger partial charge in [-0.2, -0.15) is 0 Å². The Kier molecular flexibility index (Phi) is 3.44. The predicted octanol–water partition coefficient (Wildman–Crippen LogP) is 5.03. The number of hydrogen-bond donors (Lipinski definition) is 1. The van der Waals surface area contributed by atoms with E-state index < -0.39 is 0 Å². The zero-order valence-electron chi connectivity index (χ0n) is 14.6. The Labute approximate surface area is 153 Å². The van der Waals surface area contributed by atoms with Crippen LogP contribution in [0.4, 0.5) is 0 Å². The Bertz CT molecular complexity index is 1060. The number of nitrogens with zero attached hydrogens (tertiary/aromatic N) is 2. The van der Waals surface area contributed by atoms with Crippen molar-refractivity contribution in [3.8, 4) is 16.9 Å². The molecule has 2 aromatic carbocycles. The number of aromatic nitrogens is 2. The minimum absolute atomic E-state index is 0.116. The monoisotopic (exact) mass is 339 g/mol. The molecule has 0 saturated heterocycles. The van der Waals surface area contributed by atoms with Gasteiger partial charge in [-0.1, -0.05) is 42.5 Å². The number of para-hydroxylation sites is 1. The second-order valence-corrected chi connectivity index (χ2v) is 7.22. The summed E-state index contributed by atoms with van der Waals surface area (Å²) < 4.78 is 2.30. The Morgan fingerprint density at radius 3 is 2.38 bits per heavy atom. The third-order valence-corrected chi connectivity index (χ3v) is 5.62. The molecule has 0 unspecified atom stereocenters. The van der Waals surface area contributed by atoms with Crippen molar-refractivity contribution in [2.45, 2.75) is 24.8 Å². The standard InChI is InChI=1S/C23H21N3/c24-23(12-4-13-23)19-9-7-17(8-10-19)22-15-18-16-25-14-11-21(18)26(22)20-5-2-1-3-6-20/h1-3,5-11,14-16H,4,12-13,24H2. The molecule has 0 atom stereocenters. The summed E-state index contributed by atoms with van der Waals surface area (Å²) in [5.74, 6) is 0. The van der Waals surface area contributed by atoms with Gasteiger partial charge in [0.15, 0.2) is 0 Å². The van der Waals surface area contributed by atoms with Crippen LogP contribution in [-0.4, -0.2) is 9.55 Å². The summed E-state index contributed by atoms with van der Waals surface area (Å²) in [6, 6.07) is 23.5. The molecule has 0 spiro atoms. The van der Waals surface area contributed by atoms with Gasteiger partial charge < -0.3 is 10.3 Å². The van der Waals surface area contributed by atoms with Crippen LogP contribution < -0.4 is 5.73 Å². The van der Waals surface area contributed by atoms with Crippen LogP contribution in [0.1, 0.15) is 24.8 Å². The molecule has 3 heteroatoms. The first-order valence-corrected chi connectivity index (χ1v) is 9.15. The number of fused-ring (bicyclic) bond motifs is 1. The van der Waals surface area contributed by atoms with Crippen molar-refractivity contribution >= 4 is 10.9 Å². The SMILES string of the molecule is NC1(c2ccc(-c3cc4cnccc4n3-c3ccccc3)cc2)CCC1. The fourth-order valence-electron chi connectivity index (χ4n) is 3.94. The second kappa shape index (κ2) is 5.82. The van der Waals surface area contributed by atoms with Crippen LogP contribution in [-0.2, 0) is 5.54 Å². The lowest BCUT2D eigenvalue weighted by Gasteiger charge is -2.38. The van der Waals surface area contributed by atoms with Gasteiger partial charge in [-0.3, -0.25) is 4.98 Å². The summed E-state index contributed by atoms with van der Waals surface area (Å²) in [4.78, 5) is 4.29. The molecule has 4 aromatic rings. The van der Waals surface area contributed by atoms with Gasteiger partial charge in [0.25, 0.3) is 0 Å². The number of hydrogen-bond acceptors (Lipinski definition) is 2. The van der Waals surface area contributed by atoms with E-state index in [1.54, 1.807) is 0 Å². The van der Waals surface area contributed by atoms with Crippen molar-refractivity contribution < 1.29 is 0 Å². The highest BCUT2D eigenvalue weighted by molar-refractivity contribution is 5.88. The molecule has 3 nitrogen and oxygen atoms in total. The first-order chi connectivity index (χ1) is 12.7. The predicted molar refractivity (Wildman–Crippen MR) is 106 cm³/mol. The molecule has 2 N–H and O–H groups in total. The first kappa shape index (κ1) is 15.4. The maximum absolute atomic E-state index is 6.48. The zero-order chi connectivity index (χ0) is 17.6. The van der Waals surface area contributed by atoms with Crippen molar-refractivity contribution in [1.82, 2.24) is 9.55 Å². The molecule has 1 saturated carbocycles. The van der Waals surface area contributed by atoms with E-state index in [4.69, 9.17) is 5.73 Å². The molecular formula is C23H21N3. The van der Waals surface area contributed by atoms with E-state index in [1.165, 1.54) is 28.8 Å². The Hall–Kier alpha value is -2.91. The summed E-state index contributed by atoms with van der Waals surface area (Å²) in [5.41, 5.74) is 12.3. The van der Waals surface area contributed by atoms with E-state index in [0.717, 1.165) is 23.9 Å². The molecular weight excluding hydrogens is 318 g/mol. The van der Waals surface area contributed by atoms with Crippen molar-refractivity contribution in [1.29, 1.82) is 0 Å². The minimum Gasteiger partial charge on any atom is -0.321 e. The smallest absolute Gasteiger partial charge is 0.0565 e. The summed E-state index contributed by atoms with van der Waals surface area (Å²) >= 11 is 0. The van der Waals surface area contributed by atoms with E-state index in [1.807, 2.05) is 18.5 Å². The molecule has 0 amide bonds. The summed E-state index contributed by atoms with van der Waals surface area (Å²) in [6.07, 6.45) is 7.18. The van der Waals surface area contributed by atoms with Gasteiger partial charge in [0.2, 0.25) is 0 Å². The maximum atomic E-state index is 6.48. The molecule has 1 aliphatic carbocycles. The minimum atomic E-state index is -0.116. The topological polar surface area (TPSA) is 43.8 Å². The van der Waals surface area contributed by atoms with Crippen LogP contribution >= 0.6 is 0 Å². The van der Waals surface area contributed by atoms with Gasteiger partial charge in [0.1, 0.15) is 0 Å². The lowest BCUT2D eigenvalue weighted by atomic mass is 9.72. The highest BCUT2D eigenvalue weighted by atomic mass is 15.0. The van der Waals surface area contributed by atoms with Crippen LogP contribution in [0.5, 0.6) is 0 Å². The van der Waals surface area contributed by atoms with Crippen molar-refractivity contribution in [3.05, 3.63) is 84.7 Å². The molecule has 2 heterocycles. The molecule has 0 aliphatic heterocycles. The highest BCUT2D eigenvalue weighted by Crippen LogP contribution is 2.39. The quantitative estimate of drug-likeness (QED) is 0.569. The average molecular weight is 339 g/mol. The second-order valence-electron chi connectivity index (χ2n) is 7.22. The molecule has 0 radical (unpaired) electrons. The molecule has 0 bridgehead atoms. The normalized spacial score (nSPS) is 15.7.